The van der Waals surface area contributed by atoms with Gasteiger partial charge in [-0.15, -0.1) is 0 Å². The summed E-state index contributed by atoms with van der Waals surface area (Å²) in [6.07, 6.45) is 1.59. The lowest BCUT2D eigenvalue weighted by atomic mass is 10.3. The number of hydrogen-bond donors (Lipinski definition) is 1. The lowest BCUT2D eigenvalue weighted by Crippen LogP contribution is -3.07. The minimum atomic E-state index is -0.602. The maximum Gasteiger partial charge on any atom is 0.278 e. The van der Waals surface area contributed by atoms with Crippen molar-refractivity contribution >= 4 is 17.5 Å². The van der Waals surface area contributed by atoms with E-state index in [1.165, 1.54) is 0 Å². The number of amides is 1. The Morgan fingerprint density at radius 3 is 2.74 bits per heavy atom. The molecule has 1 amide bonds. The quantitative estimate of drug-likeness (QED) is 0.769. The molecule has 0 bridgehead atoms. The maximum absolute atomic E-state index is 12.6. The number of quaternary nitrogens is 1. The molecule has 0 unspecified atom stereocenters. The van der Waals surface area contributed by atoms with Crippen LogP contribution < -0.4 is 4.90 Å². The lowest BCUT2D eigenvalue weighted by molar-refractivity contribution is -0.849. The van der Waals surface area contributed by atoms with Crippen LogP contribution in [0.5, 0.6) is 0 Å². The second kappa shape index (κ2) is 7.17. The monoisotopic (exact) mass is 345 g/mol. The van der Waals surface area contributed by atoms with Crippen LogP contribution in [-0.2, 0) is 27.9 Å². The van der Waals surface area contributed by atoms with E-state index in [2.05, 4.69) is 5.10 Å². The number of carbonyl (C=O) groups is 1. The standard InChI is InChI=1S/C15H25ClN4O3/c1-15(2)22-10-11(23-15)6-20(14(21)9-18(3)4)8-13-12(16)7-19(5)17-13/h7,11H,6,8-10H2,1-5H3/p+1/t11-/m1/s1. The fourth-order valence-corrected chi connectivity index (χ4v) is 2.80. The zero-order valence-electron chi connectivity index (χ0n) is 14.4. The molecule has 0 aliphatic carbocycles. The number of ether oxygens (including phenoxy) is 2. The molecule has 130 valence electrons. The first kappa shape index (κ1) is 18.2. The third-order valence-corrected chi connectivity index (χ3v) is 3.86. The molecule has 8 heteroatoms. The molecule has 2 heterocycles. The van der Waals surface area contributed by atoms with Crippen LogP contribution in [-0.4, -0.2) is 66.3 Å². The topological polar surface area (TPSA) is 61.0 Å². The van der Waals surface area contributed by atoms with Gasteiger partial charge in [-0.2, -0.15) is 5.10 Å². The van der Waals surface area contributed by atoms with E-state index in [1.54, 1.807) is 15.8 Å². The third kappa shape index (κ3) is 5.17. The predicted octanol–water partition coefficient (Wildman–Crippen LogP) is -0.302. The number of likely N-dealkylation sites (N-methyl/N-ethyl adjacent to an activating group) is 1. The van der Waals surface area contributed by atoms with Gasteiger partial charge in [0.1, 0.15) is 11.8 Å². The van der Waals surface area contributed by atoms with Crippen LogP contribution in [0.3, 0.4) is 0 Å². The highest BCUT2D eigenvalue weighted by molar-refractivity contribution is 6.31. The van der Waals surface area contributed by atoms with Crippen molar-refractivity contribution in [1.82, 2.24) is 14.7 Å². The zero-order valence-corrected chi connectivity index (χ0v) is 15.2. The SMILES string of the molecule is Cn1cc(Cl)c(CN(C[C@@H]2COC(C)(C)O2)C(=O)C[NH+](C)C)n1. The van der Waals surface area contributed by atoms with Crippen molar-refractivity contribution in [3.63, 3.8) is 0 Å². The molecule has 1 atom stereocenters. The van der Waals surface area contributed by atoms with E-state index < -0.39 is 5.79 Å². The Morgan fingerprint density at radius 2 is 2.26 bits per heavy atom. The number of aryl methyl sites for hydroxylation is 1. The van der Waals surface area contributed by atoms with Crippen molar-refractivity contribution < 1.29 is 19.2 Å². The highest BCUT2D eigenvalue weighted by atomic mass is 35.5. The smallest absolute Gasteiger partial charge is 0.278 e. The van der Waals surface area contributed by atoms with Gasteiger partial charge in [0.25, 0.3) is 5.91 Å². The molecule has 23 heavy (non-hydrogen) atoms. The Hall–Kier alpha value is -1.15. The van der Waals surface area contributed by atoms with Gasteiger partial charge in [-0.05, 0) is 13.8 Å². The van der Waals surface area contributed by atoms with E-state index in [0.717, 1.165) is 4.90 Å². The highest BCUT2D eigenvalue weighted by Gasteiger charge is 2.35. The van der Waals surface area contributed by atoms with Crippen LogP contribution in [0.25, 0.3) is 0 Å². The average Bonchev–Trinajstić information content (AvgIpc) is 2.90. The first-order chi connectivity index (χ1) is 10.7. The minimum Gasteiger partial charge on any atom is -0.348 e. The number of rotatable bonds is 6. The van der Waals surface area contributed by atoms with E-state index >= 15 is 0 Å². The molecule has 1 aliphatic heterocycles. The minimum absolute atomic E-state index is 0.0417. The first-order valence-corrected chi connectivity index (χ1v) is 8.10. The number of carbonyl (C=O) groups excluding carboxylic acids is 1. The number of hydrogen-bond acceptors (Lipinski definition) is 4. The Balaban J connectivity index is 2.08. The molecule has 1 aliphatic rings. The third-order valence-electron chi connectivity index (χ3n) is 3.54. The van der Waals surface area contributed by atoms with Crippen LogP contribution in [0.2, 0.25) is 5.02 Å². The molecule has 0 spiro atoms. The predicted molar refractivity (Wildman–Crippen MR) is 86.2 cm³/mol. The Bertz CT molecular complexity index is 559. The van der Waals surface area contributed by atoms with E-state index in [0.29, 0.717) is 37.0 Å². The van der Waals surface area contributed by atoms with Crippen LogP contribution in [0.15, 0.2) is 6.20 Å². The van der Waals surface area contributed by atoms with Gasteiger partial charge in [0.2, 0.25) is 0 Å². The fourth-order valence-electron chi connectivity index (χ4n) is 2.56. The fraction of sp³-hybridized carbons (Fsp3) is 0.733. The molecule has 0 aromatic carbocycles. The number of nitrogens with one attached hydrogen (secondary N) is 1. The summed E-state index contributed by atoms with van der Waals surface area (Å²) in [5, 5.41) is 4.89. The lowest BCUT2D eigenvalue weighted by Gasteiger charge is -2.25. The summed E-state index contributed by atoms with van der Waals surface area (Å²) in [5.41, 5.74) is 0.689. The first-order valence-electron chi connectivity index (χ1n) is 7.73. The van der Waals surface area contributed by atoms with Crippen LogP contribution in [0.1, 0.15) is 19.5 Å². The van der Waals surface area contributed by atoms with Crippen molar-refractivity contribution in [3.8, 4) is 0 Å². The second-order valence-electron chi connectivity index (χ2n) is 6.71. The van der Waals surface area contributed by atoms with Gasteiger partial charge in [-0.25, -0.2) is 0 Å². The summed E-state index contributed by atoms with van der Waals surface area (Å²) < 4.78 is 13.1. The van der Waals surface area contributed by atoms with Crippen molar-refractivity contribution in [2.24, 2.45) is 7.05 Å². The second-order valence-corrected chi connectivity index (χ2v) is 7.11. The van der Waals surface area contributed by atoms with Crippen molar-refractivity contribution in [2.45, 2.75) is 32.3 Å². The van der Waals surface area contributed by atoms with Gasteiger partial charge in [0, 0.05) is 19.8 Å². The Labute approximate surface area is 142 Å². The molecule has 1 N–H and O–H groups in total. The maximum atomic E-state index is 12.6. The van der Waals surface area contributed by atoms with Gasteiger partial charge in [-0.1, -0.05) is 11.6 Å². The van der Waals surface area contributed by atoms with Gasteiger partial charge >= 0.3 is 0 Å². The molecule has 0 radical (unpaired) electrons. The van der Waals surface area contributed by atoms with Gasteiger partial charge in [0.15, 0.2) is 12.3 Å². The van der Waals surface area contributed by atoms with Crippen LogP contribution >= 0.6 is 11.6 Å². The zero-order chi connectivity index (χ0) is 17.2. The number of nitrogens with zero attached hydrogens (tertiary/aromatic N) is 3. The van der Waals surface area contributed by atoms with Crippen molar-refractivity contribution in [1.29, 1.82) is 0 Å². The average molecular weight is 346 g/mol. The van der Waals surface area contributed by atoms with Crippen molar-refractivity contribution in [2.75, 3.05) is 33.8 Å². The van der Waals surface area contributed by atoms with Gasteiger partial charge in [0.05, 0.1) is 32.3 Å². The van der Waals surface area contributed by atoms with E-state index in [-0.39, 0.29) is 12.0 Å². The van der Waals surface area contributed by atoms with Gasteiger partial charge < -0.3 is 19.3 Å². The summed E-state index contributed by atoms with van der Waals surface area (Å²) in [7, 11) is 5.70. The van der Waals surface area contributed by atoms with Gasteiger partial charge in [-0.3, -0.25) is 9.48 Å². The molecule has 7 nitrogen and oxygen atoms in total. The highest BCUT2D eigenvalue weighted by Crippen LogP contribution is 2.23. The summed E-state index contributed by atoms with van der Waals surface area (Å²) in [4.78, 5) is 15.4. The summed E-state index contributed by atoms with van der Waals surface area (Å²) in [6, 6.07) is 0. The largest absolute Gasteiger partial charge is 0.348 e. The molecule has 1 saturated heterocycles. The summed E-state index contributed by atoms with van der Waals surface area (Å²) in [5.74, 6) is -0.561. The van der Waals surface area contributed by atoms with E-state index in [1.807, 2.05) is 35.0 Å². The molecule has 1 fully saturated rings. The summed E-state index contributed by atoms with van der Waals surface area (Å²) in [6.45, 7) is 5.45. The molecule has 0 saturated carbocycles. The number of halogens is 1. The van der Waals surface area contributed by atoms with Crippen LogP contribution in [0, 0.1) is 0 Å². The van der Waals surface area contributed by atoms with E-state index in [4.69, 9.17) is 21.1 Å². The molecule has 1 aromatic rings. The number of aromatic nitrogens is 2. The molecule has 1 aromatic heterocycles. The van der Waals surface area contributed by atoms with Crippen molar-refractivity contribution in [3.05, 3.63) is 16.9 Å². The summed E-state index contributed by atoms with van der Waals surface area (Å²) >= 11 is 6.18. The Morgan fingerprint density at radius 1 is 1.57 bits per heavy atom. The van der Waals surface area contributed by atoms with Crippen LogP contribution in [0.4, 0.5) is 0 Å². The Kier molecular flexibility index (Phi) is 5.67. The molecular formula is C15H26ClN4O3+. The molecule has 2 rings (SSSR count). The normalized spacial score (nSPS) is 20.2. The molecular weight excluding hydrogens is 320 g/mol. The van der Waals surface area contributed by atoms with E-state index in [9.17, 15) is 4.79 Å².